The van der Waals surface area contributed by atoms with Gasteiger partial charge in [-0.3, -0.25) is 9.59 Å². The van der Waals surface area contributed by atoms with E-state index in [0.29, 0.717) is 34.0 Å². The molecule has 0 bridgehead atoms. The summed E-state index contributed by atoms with van der Waals surface area (Å²) in [5.74, 6) is -2.12. The van der Waals surface area contributed by atoms with E-state index in [9.17, 15) is 14.4 Å². The molecular weight excluding hydrogens is 286 g/mol. The number of aromatic nitrogens is 1. The highest BCUT2D eigenvalue weighted by Gasteiger charge is 2.24. The standard InChI is InChI=1S/C16H17NO5/c1-4-22-16(21)9(3)14-11(7-18)13-8(2)5-10(15(19)20)6-12(13)17-14/h5-7,9,17H,4H2,1-3H3,(H,19,20). The summed E-state index contributed by atoms with van der Waals surface area (Å²) in [6.07, 6.45) is 0.678. The third-order valence-electron chi connectivity index (χ3n) is 3.60. The highest BCUT2D eigenvalue weighted by Crippen LogP contribution is 2.30. The van der Waals surface area contributed by atoms with Gasteiger partial charge in [0.1, 0.15) is 0 Å². The first-order valence-corrected chi connectivity index (χ1v) is 6.92. The zero-order valence-electron chi connectivity index (χ0n) is 12.6. The van der Waals surface area contributed by atoms with Crippen molar-refractivity contribution in [2.75, 3.05) is 6.61 Å². The Hall–Kier alpha value is -2.63. The molecule has 22 heavy (non-hydrogen) atoms. The molecule has 0 aliphatic carbocycles. The molecule has 1 atom stereocenters. The van der Waals surface area contributed by atoms with Crippen molar-refractivity contribution < 1.29 is 24.2 Å². The molecule has 6 heteroatoms. The van der Waals surface area contributed by atoms with E-state index in [1.165, 1.54) is 12.1 Å². The van der Waals surface area contributed by atoms with Gasteiger partial charge < -0.3 is 14.8 Å². The Balaban J connectivity index is 2.66. The van der Waals surface area contributed by atoms with Gasteiger partial charge in [-0.15, -0.1) is 0 Å². The number of carboxylic acids is 1. The van der Waals surface area contributed by atoms with E-state index in [0.717, 1.165) is 0 Å². The molecule has 0 aliphatic heterocycles. The second-order valence-corrected chi connectivity index (χ2v) is 5.06. The van der Waals surface area contributed by atoms with Crippen LogP contribution in [0, 0.1) is 6.92 Å². The van der Waals surface area contributed by atoms with Gasteiger partial charge in [-0.1, -0.05) is 0 Å². The molecule has 0 amide bonds. The number of ether oxygens (including phenoxy) is 1. The molecule has 0 radical (unpaired) electrons. The van der Waals surface area contributed by atoms with Crippen LogP contribution in [0.4, 0.5) is 0 Å². The largest absolute Gasteiger partial charge is 0.478 e. The van der Waals surface area contributed by atoms with Crippen LogP contribution in [0.3, 0.4) is 0 Å². The topological polar surface area (TPSA) is 96.5 Å². The van der Waals surface area contributed by atoms with Crippen molar-refractivity contribution in [1.29, 1.82) is 0 Å². The van der Waals surface area contributed by atoms with Crippen LogP contribution in [0.25, 0.3) is 10.9 Å². The molecule has 0 fully saturated rings. The molecule has 1 aromatic heterocycles. The van der Waals surface area contributed by atoms with E-state index in [1.807, 2.05) is 0 Å². The van der Waals surface area contributed by atoms with Crippen molar-refractivity contribution in [3.8, 4) is 0 Å². The van der Waals surface area contributed by atoms with Gasteiger partial charge in [0.05, 0.1) is 18.1 Å². The number of rotatable bonds is 5. The molecule has 2 N–H and O–H groups in total. The highest BCUT2D eigenvalue weighted by molar-refractivity contribution is 6.04. The van der Waals surface area contributed by atoms with Crippen LogP contribution in [0.1, 0.15) is 51.7 Å². The summed E-state index contributed by atoms with van der Waals surface area (Å²) in [6, 6.07) is 2.96. The van der Waals surface area contributed by atoms with Crippen molar-refractivity contribution in [1.82, 2.24) is 4.98 Å². The lowest BCUT2D eigenvalue weighted by Gasteiger charge is -2.09. The van der Waals surface area contributed by atoms with Gasteiger partial charge in [-0.2, -0.15) is 0 Å². The maximum Gasteiger partial charge on any atom is 0.335 e. The number of aryl methyl sites for hydroxylation is 1. The molecule has 0 saturated heterocycles. The zero-order valence-corrected chi connectivity index (χ0v) is 12.6. The normalized spacial score (nSPS) is 12.1. The van der Waals surface area contributed by atoms with Crippen LogP contribution >= 0.6 is 0 Å². The molecule has 0 aliphatic rings. The minimum Gasteiger partial charge on any atom is -0.478 e. The van der Waals surface area contributed by atoms with E-state index in [-0.39, 0.29) is 12.2 Å². The number of nitrogens with one attached hydrogen (secondary N) is 1. The van der Waals surface area contributed by atoms with Crippen molar-refractivity contribution in [3.05, 3.63) is 34.5 Å². The second kappa shape index (κ2) is 6.01. The molecule has 6 nitrogen and oxygen atoms in total. The molecule has 1 aromatic carbocycles. The molecule has 1 heterocycles. The van der Waals surface area contributed by atoms with Crippen molar-refractivity contribution >= 4 is 29.1 Å². The summed E-state index contributed by atoms with van der Waals surface area (Å²) in [5, 5.41) is 9.74. The van der Waals surface area contributed by atoms with Gasteiger partial charge in [0.2, 0.25) is 0 Å². The van der Waals surface area contributed by atoms with Gasteiger partial charge in [-0.25, -0.2) is 4.79 Å². The average Bonchev–Trinajstić information content (AvgIpc) is 2.85. The lowest BCUT2D eigenvalue weighted by molar-refractivity contribution is -0.144. The Bertz CT molecular complexity index is 759. The maximum absolute atomic E-state index is 11.9. The number of aromatic carboxylic acids is 1. The van der Waals surface area contributed by atoms with E-state index < -0.39 is 17.9 Å². The van der Waals surface area contributed by atoms with E-state index in [1.54, 1.807) is 20.8 Å². The lowest BCUT2D eigenvalue weighted by Crippen LogP contribution is -2.14. The van der Waals surface area contributed by atoms with E-state index in [4.69, 9.17) is 9.84 Å². The fraction of sp³-hybridized carbons (Fsp3) is 0.312. The van der Waals surface area contributed by atoms with Crippen molar-refractivity contribution in [2.45, 2.75) is 26.7 Å². The number of H-pyrrole nitrogens is 1. The van der Waals surface area contributed by atoms with Gasteiger partial charge in [0.15, 0.2) is 6.29 Å². The monoisotopic (exact) mass is 303 g/mol. The zero-order chi connectivity index (χ0) is 16.4. The molecule has 2 aromatic rings. The Morgan fingerprint density at radius 2 is 2.09 bits per heavy atom. The summed E-state index contributed by atoms with van der Waals surface area (Å²) < 4.78 is 4.98. The summed E-state index contributed by atoms with van der Waals surface area (Å²) in [4.78, 5) is 37.5. The molecule has 0 spiro atoms. The van der Waals surface area contributed by atoms with Gasteiger partial charge >= 0.3 is 11.9 Å². The summed E-state index contributed by atoms with van der Waals surface area (Å²) in [5.41, 5.74) is 2.11. The fourth-order valence-corrected chi connectivity index (χ4v) is 2.56. The molecule has 2 rings (SSSR count). The number of carbonyl (C=O) groups excluding carboxylic acids is 2. The smallest absolute Gasteiger partial charge is 0.335 e. The van der Waals surface area contributed by atoms with Crippen LogP contribution in [0.5, 0.6) is 0 Å². The summed E-state index contributed by atoms with van der Waals surface area (Å²) >= 11 is 0. The number of hydrogen-bond acceptors (Lipinski definition) is 4. The van der Waals surface area contributed by atoms with Crippen LogP contribution < -0.4 is 0 Å². The Morgan fingerprint density at radius 3 is 2.64 bits per heavy atom. The van der Waals surface area contributed by atoms with E-state index >= 15 is 0 Å². The number of carboxylic acid groups (broad SMARTS) is 1. The molecule has 116 valence electrons. The van der Waals surface area contributed by atoms with Crippen LogP contribution in [-0.4, -0.2) is 34.9 Å². The first-order valence-electron chi connectivity index (χ1n) is 6.92. The maximum atomic E-state index is 11.9. The van der Waals surface area contributed by atoms with Crippen LogP contribution in [0.15, 0.2) is 12.1 Å². The first kappa shape index (κ1) is 15.8. The van der Waals surface area contributed by atoms with Crippen molar-refractivity contribution in [2.24, 2.45) is 0 Å². The number of hydrogen-bond donors (Lipinski definition) is 2. The number of carbonyl (C=O) groups is 3. The number of esters is 1. The predicted octanol–water partition coefficient (Wildman–Crippen LogP) is 2.65. The van der Waals surface area contributed by atoms with Crippen LogP contribution in [-0.2, 0) is 9.53 Å². The van der Waals surface area contributed by atoms with Crippen molar-refractivity contribution in [3.63, 3.8) is 0 Å². The number of fused-ring (bicyclic) bond motifs is 1. The average molecular weight is 303 g/mol. The molecule has 0 saturated carbocycles. The predicted molar refractivity (Wildman–Crippen MR) is 80.4 cm³/mol. The Morgan fingerprint density at radius 1 is 1.41 bits per heavy atom. The molecular formula is C16H17NO5. The van der Waals surface area contributed by atoms with Crippen LogP contribution in [0.2, 0.25) is 0 Å². The fourth-order valence-electron chi connectivity index (χ4n) is 2.56. The van der Waals surface area contributed by atoms with Gasteiger partial charge in [0.25, 0.3) is 0 Å². The van der Waals surface area contributed by atoms with Gasteiger partial charge in [0, 0.05) is 22.2 Å². The highest BCUT2D eigenvalue weighted by atomic mass is 16.5. The Kier molecular flexibility index (Phi) is 4.30. The minimum absolute atomic E-state index is 0.124. The third-order valence-corrected chi connectivity index (χ3v) is 3.60. The third kappa shape index (κ3) is 2.59. The second-order valence-electron chi connectivity index (χ2n) is 5.06. The number of benzene rings is 1. The number of aldehydes is 1. The number of aromatic amines is 1. The summed E-state index contributed by atoms with van der Waals surface area (Å²) in [7, 11) is 0. The Labute approximate surface area is 127 Å². The van der Waals surface area contributed by atoms with Gasteiger partial charge in [-0.05, 0) is 38.5 Å². The SMILES string of the molecule is CCOC(=O)C(C)c1[nH]c2cc(C(=O)O)cc(C)c2c1C=O. The lowest BCUT2D eigenvalue weighted by atomic mass is 9.99. The minimum atomic E-state index is -1.05. The molecule has 1 unspecified atom stereocenters. The summed E-state index contributed by atoms with van der Waals surface area (Å²) in [6.45, 7) is 5.33. The van der Waals surface area contributed by atoms with E-state index in [2.05, 4.69) is 4.98 Å². The quantitative estimate of drug-likeness (QED) is 0.654. The first-order chi connectivity index (χ1) is 10.4.